The lowest BCUT2D eigenvalue weighted by Crippen LogP contribution is -2.24. The molecule has 0 spiro atoms. The molecule has 70 valence electrons. The Bertz CT molecular complexity index is 278. The summed E-state index contributed by atoms with van der Waals surface area (Å²) in [5.74, 6) is 1.56. The van der Waals surface area contributed by atoms with Crippen molar-refractivity contribution in [2.75, 3.05) is 6.61 Å². The highest BCUT2D eigenvalue weighted by molar-refractivity contribution is 5.58. The van der Waals surface area contributed by atoms with Gasteiger partial charge in [0.1, 0.15) is 24.8 Å². The van der Waals surface area contributed by atoms with Crippen LogP contribution in [0.3, 0.4) is 0 Å². The number of hydrogen-bond donors (Lipinski definition) is 0. The van der Waals surface area contributed by atoms with Gasteiger partial charge in [-0.25, -0.2) is 0 Å². The normalized spacial score (nSPS) is 31.8. The SMILES string of the molecule is CC1COC2=C(C=CC(C=O)C2)O1. The van der Waals surface area contributed by atoms with Crippen molar-refractivity contribution >= 4 is 6.29 Å². The van der Waals surface area contributed by atoms with Crippen LogP contribution < -0.4 is 0 Å². The number of allylic oxidation sites excluding steroid dienone is 3. The number of carbonyl (C=O) groups is 1. The molecule has 1 aliphatic heterocycles. The first-order valence-corrected chi connectivity index (χ1v) is 4.45. The van der Waals surface area contributed by atoms with Crippen molar-refractivity contribution in [3.8, 4) is 0 Å². The minimum atomic E-state index is -0.0456. The van der Waals surface area contributed by atoms with E-state index in [1.165, 1.54) is 0 Å². The van der Waals surface area contributed by atoms with E-state index in [-0.39, 0.29) is 12.0 Å². The second-order valence-corrected chi connectivity index (χ2v) is 3.39. The topological polar surface area (TPSA) is 35.5 Å². The lowest BCUT2D eigenvalue weighted by atomic mass is 9.99. The third kappa shape index (κ3) is 1.59. The molecule has 3 heteroatoms. The average molecular weight is 180 g/mol. The fourth-order valence-corrected chi connectivity index (χ4v) is 1.48. The van der Waals surface area contributed by atoms with Gasteiger partial charge in [0, 0.05) is 12.3 Å². The molecule has 0 radical (unpaired) electrons. The van der Waals surface area contributed by atoms with Crippen LogP contribution in [-0.2, 0) is 14.3 Å². The van der Waals surface area contributed by atoms with Crippen LogP contribution in [-0.4, -0.2) is 19.0 Å². The zero-order chi connectivity index (χ0) is 9.26. The summed E-state index contributed by atoms with van der Waals surface area (Å²) in [7, 11) is 0. The Morgan fingerprint density at radius 1 is 1.62 bits per heavy atom. The van der Waals surface area contributed by atoms with Gasteiger partial charge in [-0.05, 0) is 13.0 Å². The van der Waals surface area contributed by atoms with Crippen LogP contribution in [0, 0.1) is 5.92 Å². The molecule has 1 aliphatic carbocycles. The van der Waals surface area contributed by atoms with E-state index in [0.717, 1.165) is 17.8 Å². The summed E-state index contributed by atoms with van der Waals surface area (Å²) in [6, 6.07) is 0. The number of carbonyl (C=O) groups excluding carboxylic acids is 1. The Hall–Kier alpha value is -1.25. The van der Waals surface area contributed by atoms with E-state index < -0.39 is 0 Å². The molecule has 2 unspecified atom stereocenters. The molecule has 13 heavy (non-hydrogen) atoms. The summed E-state index contributed by atoms with van der Waals surface area (Å²) in [6.45, 7) is 2.54. The first-order chi connectivity index (χ1) is 6.29. The molecular weight excluding hydrogens is 168 g/mol. The Morgan fingerprint density at radius 2 is 2.46 bits per heavy atom. The lowest BCUT2D eigenvalue weighted by molar-refractivity contribution is -0.110. The van der Waals surface area contributed by atoms with Crippen LogP contribution >= 0.6 is 0 Å². The maximum Gasteiger partial charge on any atom is 0.157 e. The van der Waals surface area contributed by atoms with E-state index >= 15 is 0 Å². The van der Waals surface area contributed by atoms with Crippen LogP contribution in [0.5, 0.6) is 0 Å². The van der Waals surface area contributed by atoms with E-state index in [0.29, 0.717) is 13.0 Å². The third-order valence-electron chi connectivity index (χ3n) is 2.19. The van der Waals surface area contributed by atoms with Crippen LogP contribution in [0.1, 0.15) is 13.3 Å². The smallest absolute Gasteiger partial charge is 0.157 e. The number of rotatable bonds is 1. The fraction of sp³-hybridized carbons (Fsp3) is 0.500. The Balaban J connectivity index is 2.15. The van der Waals surface area contributed by atoms with Crippen molar-refractivity contribution in [1.82, 2.24) is 0 Å². The Labute approximate surface area is 77.0 Å². The van der Waals surface area contributed by atoms with Crippen molar-refractivity contribution in [2.24, 2.45) is 5.92 Å². The van der Waals surface area contributed by atoms with Gasteiger partial charge in [-0.3, -0.25) is 0 Å². The quantitative estimate of drug-likeness (QED) is 0.572. The Kier molecular flexibility index (Phi) is 2.08. The minimum absolute atomic E-state index is 0.0456. The van der Waals surface area contributed by atoms with Gasteiger partial charge in [-0.15, -0.1) is 0 Å². The monoisotopic (exact) mass is 180 g/mol. The molecule has 0 N–H and O–H groups in total. The standard InChI is InChI=1S/C10H12O3/c1-7-6-12-10-4-8(5-11)2-3-9(10)13-7/h2-3,5,7-8H,4,6H2,1H3. The van der Waals surface area contributed by atoms with Gasteiger partial charge < -0.3 is 14.3 Å². The van der Waals surface area contributed by atoms with Gasteiger partial charge in [0.05, 0.1) is 0 Å². The van der Waals surface area contributed by atoms with Crippen LogP contribution in [0.25, 0.3) is 0 Å². The maximum atomic E-state index is 10.5. The molecule has 0 saturated heterocycles. The third-order valence-corrected chi connectivity index (χ3v) is 2.19. The summed E-state index contributed by atoms with van der Waals surface area (Å²) < 4.78 is 11.0. The molecule has 0 amide bonds. The highest BCUT2D eigenvalue weighted by Crippen LogP contribution is 2.28. The van der Waals surface area contributed by atoms with E-state index in [9.17, 15) is 4.79 Å². The molecule has 2 rings (SSSR count). The van der Waals surface area contributed by atoms with Gasteiger partial charge in [0.25, 0.3) is 0 Å². The molecule has 0 aromatic rings. The predicted molar refractivity (Wildman–Crippen MR) is 46.8 cm³/mol. The first kappa shape index (κ1) is 8.35. The van der Waals surface area contributed by atoms with Crippen LogP contribution in [0.4, 0.5) is 0 Å². The van der Waals surface area contributed by atoms with Crippen molar-refractivity contribution < 1.29 is 14.3 Å². The number of hydrogen-bond acceptors (Lipinski definition) is 3. The van der Waals surface area contributed by atoms with Crippen molar-refractivity contribution in [2.45, 2.75) is 19.4 Å². The van der Waals surface area contributed by atoms with Gasteiger partial charge in [-0.2, -0.15) is 0 Å². The molecule has 0 fully saturated rings. The summed E-state index contributed by atoms with van der Waals surface area (Å²) in [5.41, 5.74) is 0. The maximum absolute atomic E-state index is 10.5. The number of aldehydes is 1. The molecule has 3 nitrogen and oxygen atoms in total. The number of ether oxygens (including phenoxy) is 2. The molecule has 0 aromatic carbocycles. The summed E-state index contributed by atoms with van der Waals surface area (Å²) in [6.07, 6.45) is 5.36. The molecule has 1 heterocycles. The highest BCUT2D eigenvalue weighted by Gasteiger charge is 2.24. The predicted octanol–water partition coefficient (Wildman–Crippen LogP) is 1.41. The van der Waals surface area contributed by atoms with Gasteiger partial charge in [-0.1, -0.05) is 6.08 Å². The summed E-state index contributed by atoms with van der Waals surface area (Å²) in [4.78, 5) is 10.5. The van der Waals surface area contributed by atoms with Crippen LogP contribution in [0.15, 0.2) is 23.7 Å². The second kappa shape index (κ2) is 3.24. The van der Waals surface area contributed by atoms with Gasteiger partial charge in [0.2, 0.25) is 0 Å². The first-order valence-electron chi connectivity index (χ1n) is 4.45. The second-order valence-electron chi connectivity index (χ2n) is 3.39. The Morgan fingerprint density at radius 3 is 3.23 bits per heavy atom. The van der Waals surface area contributed by atoms with Crippen LogP contribution in [0.2, 0.25) is 0 Å². The molecule has 0 saturated carbocycles. The highest BCUT2D eigenvalue weighted by atomic mass is 16.6. The van der Waals surface area contributed by atoms with Crippen molar-refractivity contribution in [3.05, 3.63) is 23.7 Å². The van der Waals surface area contributed by atoms with Gasteiger partial charge >= 0.3 is 0 Å². The largest absolute Gasteiger partial charge is 0.490 e. The summed E-state index contributed by atoms with van der Waals surface area (Å²) >= 11 is 0. The molecule has 2 aliphatic rings. The zero-order valence-corrected chi connectivity index (χ0v) is 7.53. The minimum Gasteiger partial charge on any atom is -0.490 e. The average Bonchev–Trinajstić information content (AvgIpc) is 2.17. The zero-order valence-electron chi connectivity index (χ0n) is 7.53. The molecule has 2 atom stereocenters. The van der Waals surface area contributed by atoms with E-state index in [4.69, 9.17) is 9.47 Å². The van der Waals surface area contributed by atoms with E-state index in [1.807, 2.05) is 19.1 Å². The fourth-order valence-electron chi connectivity index (χ4n) is 1.48. The van der Waals surface area contributed by atoms with Crippen molar-refractivity contribution in [3.63, 3.8) is 0 Å². The summed E-state index contributed by atoms with van der Waals surface area (Å²) in [5, 5.41) is 0. The molecule has 0 aromatic heterocycles. The molecular formula is C10H12O3. The van der Waals surface area contributed by atoms with Gasteiger partial charge in [0.15, 0.2) is 5.76 Å². The lowest BCUT2D eigenvalue weighted by Gasteiger charge is -2.28. The van der Waals surface area contributed by atoms with E-state index in [1.54, 1.807) is 0 Å². The van der Waals surface area contributed by atoms with Crippen molar-refractivity contribution in [1.29, 1.82) is 0 Å². The molecule has 0 bridgehead atoms. The van der Waals surface area contributed by atoms with E-state index in [2.05, 4.69) is 0 Å².